The molecule has 0 atom stereocenters. The molecule has 0 amide bonds. The van der Waals surface area contributed by atoms with E-state index in [0.717, 1.165) is 23.5 Å². The van der Waals surface area contributed by atoms with Crippen LogP contribution in [0.1, 0.15) is 52.7 Å². The van der Waals surface area contributed by atoms with Gasteiger partial charge in [-0.15, -0.1) is 0 Å². The van der Waals surface area contributed by atoms with E-state index in [1.807, 2.05) is 36.9 Å². The lowest BCUT2D eigenvalue weighted by Gasteiger charge is -2.42. The number of aromatic nitrogens is 4. The normalized spacial score (nSPS) is 13.4. The predicted molar refractivity (Wildman–Crippen MR) is 176 cm³/mol. The molecule has 0 N–H and O–H groups in total. The molecule has 0 aliphatic heterocycles. The summed E-state index contributed by atoms with van der Waals surface area (Å²) in [6.07, 6.45) is 9.41. The van der Waals surface area contributed by atoms with Crippen LogP contribution in [-0.2, 0) is 12.3 Å². The molecular formula is C30H48N4P2Si2. The molecule has 206 valence electrons. The molecule has 3 aromatic rings. The molecule has 0 radical (unpaired) electrons. The van der Waals surface area contributed by atoms with Gasteiger partial charge in [-0.2, -0.15) is 0 Å². The Labute approximate surface area is 236 Å². The second-order valence-corrected chi connectivity index (χ2v) is 30.2. The Balaban J connectivity index is 2.28. The molecule has 2 heterocycles. The minimum absolute atomic E-state index is 0.261. The molecule has 0 saturated heterocycles. The van der Waals surface area contributed by atoms with Gasteiger partial charge in [0, 0.05) is 38.9 Å². The molecule has 3 rings (SSSR count). The van der Waals surface area contributed by atoms with Gasteiger partial charge in [-0.25, -0.2) is 19.9 Å². The van der Waals surface area contributed by atoms with Crippen LogP contribution in [0.25, 0.3) is 0 Å². The van der Waals surface area contributed by atoms with Gasteiger partial charge in [0.2, 0.25) is 0 Å². The molecule has 0 aliphatic carbocycles. The molecule has 1 aromatic carbocycles. The van der Waals surface area contributed by atoms with Crippen molar-refractivity contribution in [1.29, 1.82) is 0 Å². The van der Waals surface area contributed by atoms with Crippen LogP contribution >= 0.6 is 15.8 Å². The highest BCUT2D eigenvalue weighted by Crippen LogP contribution is 2.61. The lowest BCUT2D eigenvalue weighted by molar-refractivity contribution is 0.702. The molecule has 0 saturated carbocycles. The van der Waals surface area contributed by atoms with Crippen molar-refractivity contribution in [3.63, 3.8) is 0 Å². The Bertz CT molecular complexity index is 1160. The second kappa shape index (κ2) is 11.7. The van der Waals surface area contributed by atoms with E-state index in [2.05, 4.69) is 93.0 Å². The van der Waals surface area contributed by atoms with E-state index in [9.17, 15) is 0 Å². The molecule has 0 spiro atoms. The Morgan fingerprint density at radius 1 is 0.579 bits per heavy atom. The second-order valence-electron chi connectivity index (χ2n) is 14.3. The molecule has 38 heavy (non-hydrogen) atoms. The Morgan fingerprint density at radius 2 is 0.921 bits per heavy atom. The summed E-state index contributed by atoms with van der Waals surface area (Å²) in [5.74, 6) is 0. The first-order valence-corrected chi connectivity index (χ1v) is 23.7. The highest BCUT2D eigenvalue weighted by molar-refractivity contribution is 7.71. The summed E-state index contributed by atoms with van der Waals surface area (Å²) in [6.45, 7) is 29.6. The van der Waals surface area contributed by atoms with Gasteiger partial charge < -0.3 is 0 Å². The van der Waals surface area contributed by atoms with Crippen LogP contribution in [0.3, 0.4) is 0 Å². The van der Waals surface area contributed by atoms with Gasteiger partial charge in [0.15, 0.2) is 11.1 Å². The van der Waals surface area contributed by atoms with Crippen LogP contribution in [-0.4, -0.2) is 46.4 Å². The summed E-state index contributed by atoms with van der Waals surface area (Å²) >= 11 is 0. The zero-order valence-corrected chi connectivity index (χ0v) is 29.5. The van der Waals surface area contributed by atoms with Crippen molar-refractivity contribution in [2.45, 2.75) is 103 Å². The zero-order valence-electron chi connectivity index (χ0n) is 25.7. The SMILES string of the molecule is CC(C)(C)P(Cc1cc([Si](C)(C)C)c([Si](C)(C)C)cc1CP(c1ncccn1)c1ncccn1)C(C)(C)C. The minimum atomic E-state index is -1.58. The highest BCUT2D eigenvalue weighted by Gasteiger charge is 2.36. The first kappa shape index (κ1) is 31.2. The standard InChI is InChI=1S/C30H48N4P2Si2/c1-29(2,3)36(30(4,5)6)22-24-20-26(38(10,11)12)25(37(7,8)9)19-23(24)21-35(27-31-15-13-16-32-27)28-33-17-14-18-34-28/h13-20H,21-22H2,1-12H3. The number of rotatable bonds is 8. The number of nitrogens with zero attached hydrogens (tertiary/aromatic N) is 4. The van der Waals surface area contributed by atoms with Gasteiger partial charge in [-0.1, -0.05) is 111 Å². The summed E-state index contributed by atoms with van der Waals surface area (Å²) in [6, 6.07) is 9.03. The van der Waals surface area contributed by atoms with Crippen molar-refractivity contribution in [3.8, 4) is 0 Å². The van der Waals surface area contributed by atoms with Crippen molar-refractivity contribution in [1.82, 2.24) is 19.9 Å². The summed E-state index contributed by atoms with van der Waals surface area (Å²) in [7, 11) is -4.34. The lowest BCUT2D eigenvalue weighted by Crippen LogP contribution is -2.56. The third-order valence-electron chi connectivity index (χ3n) is 6.82. The first-order chi connectivity index (χ1) is 17.4. The van der Waals surface area contributed by atoms with E-state index in [1.165, 1.54) is 11.1 Å². The molecular weight excluding hydrogens is 534 g/mol. The smallest absolute Gasteiger partial charge is 0.158 e. The van der Waals surface area contributed by atoms with Crippen LogP contribution in [0.2, 0.25) is 39.3 Å². The van der Waals surface area contributed by atoms with Gasteiger partial charge in [0.05, 0.1) is 16.1 Å². The Kier molecular flexibility index (Phi) is 9.57. The van der Waals surface area contributed by atoms with Crippen LogP contribution in [0.4, 0.5) is 0 Å². The largest absolute Gasteiger partial charge is 0.237 e. The number of hydrogen-bond donors (Lipinski definition) is 0. The summed E-state index contributed by atoms with van der Waals surface area (Å²) in [5, 5.41) is 3.81. The fourth-order valence-electron chi connectivity index (χ4n) is 5.14. The third kappa shape index (κ3) is 7.87. The van der Waals surface area contributed by atoms with E-state index in [1.54, 1.807) is 10.4 Å². The summed E-state index contributed by atoms with van der Waals surface area (Å²) in [5.41, 5.74) is 4.70. The third-order valence-corrected chi connectivity index (χ3v) is 17.1. The van der Waals surface area contributed by atoms with Crippen molar-refractivity contribution >= 4 is 53.5 Å². The first-order valence-electron chi connectivity index (χ1n) is 13.6. The Hall–Kier alpha value is -1.33. The van der Waals surface area contributed by atoms with E-state index in [4.69, 9.17) is 19.9 Å². The van der Waals surface area contributed by atoms with Gasteiger partial charge in [0.25, 0.3) is 0 Å². The molecule has 2 aromatic heterocycles. The van der Waals surface area contributed by atoms with Crippen molar-refractivity contribution in [2.24, 2.45) is 0 Å². The number of benzene rings is 1. The zero-order chi connectivity index (χ0) is 28.5. The minimum Gasteiger partial charge on any atom is -0.237 e. The molecule has 8 heteroatoms. The van der Waals surface area contributed by atoms with E-state index < -0.39 is 24.1 Å². The van der Waals surface area contributed by atoms with Gasteiger partial charge in [-0.05, 0) is 39.7 Å². The van der Waals surface area contributed by atoms with Crippen LogP contribution in [0, 0.1) is 0 Å². The van der Waals surface area contributed by atoms with Gasteiger partial charge in [0.1, 0.15) is 0 Å². The molecule has 4 nitrogen and oxygen atoms in total. The fraction of sp³-hybridized carbons (Fsp3) is 0.533. The average molecular weight is 583 g/mol. The molecule has 0 fully saturated rings. The average Bonchev–Trinajstić information content (AvgIpc) is 2.79. The fourth-order valence-corrected chi connectivity index (χ4v) is 15.9. The number of hydrogen-bond acceptors (Lipinski definition) is 4. The highest BCUT2D eigenvalue weighted by atomic mass is 31.1. The van der Waals surface area contributed by atoms with Crippen molar-refractivity contribution in [2.75, 3.05) is 0 Å². The maximum absolute atomic E-state index is 4.71. The van der Waals surface area contributed by atoms with Gasteiger partial charge >= 0.3 is 0 Å². The summed E-state index contributed by atoms with van der Waals surface area (Å²) in [4.78, 5) is 18.8. The quantitative estimate of drug-likeness (QED) is 0.223. The topological polar surface area (TPSA) is 51.6 Å². The predicted octanol–water partition coefficient (Wildman–Crippen LogP) is 6.57. The van der Waals surface area contributed by atoms with Gasteiger partial charge in [-0.3, -0.25) is 0 Å². The van der Waals surface area contributed by atoms with Crippen molar-refractivity contribution < 1.29 is 0 Å². The Morgan fingerprint density at radius 3 is 1.24 bits per heavy atom. The van der Waals surface area contributed by atoms with Crippen molar-refractivity contribution in [3.05, 3.63) is 60.2 Å². The van der Waals surface area contributed by atoms with Crippen LogP contribution in [0.5, 0.6) is 0 Å². The molecule has 0 aliphatic rings. The monoisotopic (exact) mass is 582 g/mol. The maximum atomic E-state index is 4.71. The van der Waals surface area contributed by atoms with E-state index >= 15 is 0 Å². The van der Waals surface area contributed by atoms with E-state index in [-0.39, 0.29) is 18.2 Å². The van der Waals surface area contributed by atoms with Crippen LogP contribution in [0.15, 0.2) is 49.1 Å². The van der Waals surface area contributed by atoms with Crippen LogP contribution < -0.4 is 21.5 Å². The summed E-state index contributed by atoms with van der Waals surface area (Å²) < 4.78 is 0. The molecule has 0 unspecified atom stereocenters. The van der Waals surface area contributed by atoms with E-state index in [0.29, 0.717) is 0 Å². The molecule has 0 bridgehead atoms. The lowest BCUT2D eigenvalue weighted by atomic mass is 10.1. The maximum Gasteiger partial charge on any atom is 0.158 e.